The standard InChI is InChI=1S/C13H27N3O/c1-14-12-5-10-17-11-13(12)15(2)8-9-16-6-3-4-7-16/h12-14H,3-11H2,1-2H3. The molecule has 0 aromatic heterocycles. The van der Waals surface area contributed by atoms with Crippen molar-refractivity contribution in [2.75, 3.05) is 53.5 Å². The van der Waals surface area contributed by atoms with E-state index in [9.17, 15) is 0 Å². The Balaban J connectivity index is 1.74. The van der Waals surface area contributed by atoms with E-state index in [2.05, 4.69) is 29.2 Å². The lowest BCUT2D eigenvalue weighted by molar-refractivity contribution is 0.00587. The molecule has 17 heavy (non-hydrogen) atoms. The summed E-state index contributed by atoms with van der Waals surface area (Å²) >= 11 is 0. The zero-order chi connectivity index (χ0) is 12.1. The first-order chi connectivity index (χ1) is 8.31. The van der Waals surface area contributed by atoms with Crippen LogP contribution in [0.3, 0.4) is 0 Å². The van der Waals surface area contributed by atoms with E-state index in [0.717, 1.165) is 26.2 Å². The first-order valence-electron chi connectivity index (χ1n) is 6.99. The van der Waals surface area contributed by atoms with E-state index in [0.29, 0.717) is 12.1 Å². The molecule has 2 rings (SSSR count). The lowest BCUT2D eigenvalue weighted by atomic mass is 10.0. The summed E-state index contributed by atoms with van der Waals surface area (Å²) in [7, 11) is 4.30. The molecule has 0 bridgehead atoms. The Hall–Kier alpha value is -0.160. The van der Waals surface area contributed by atoms with Crippen molar-refractivity contribution in [1.29, 1.82) is 0 Å². The third kappa shape index (κ3) is 3.65. The van der Waals surface area contributed by atoms with Gasteiger partial charge in [0.1, 0.15) is 0 Å². The quantitative estimate of drug-likeness (QED) is 0.754. The van der Waals surface area contributed by atoms with Gasteiger partial charge in [-0.1, -0.05) is 0 Å². The summed E-state index contributed by atoms with van der Waals surface area (Å²) in [6, 6.07) is 1.13. The summed E-state index contributed by atoms with van der Waals surface area (Å²) in [6.45, 7) is 6.74. The van der Waals surface area contributed by atoms with E-state index in [1.165, 1.54) is 32.5 Å². The molecular formula is C13H27N3O. The SMILES string of the molecule is CNC1CCOCC1N(C)CCN1CCCC1. The van der Waals surface area contributed by atoms with Gasteiger partial charge in [0.25, 0.3) is 0 Å². The van der Waals surface area contributed by atoms with E-state index >= 15 is 0 Å². The fourth-order valence-electron chi connectivity index (χ4n) is 2.97. The van der Waals surface area contributed by atoms with Gasteiger partial charge < -0.3 is 15.0 Å². The van der Waals surface area contributed by atoms with Crippen LogP contribution in [0, 0.1) is 0 Å². The average molecular weight is 241 g/mol. The van der Waals surface area contributed by atoms with Gasteiger partial charge in [0.05, 0.1) is 6.61 Å². The van der Waals surface area contributed by atoms with Gasteiger partial charge in [-0.15, -0.1) is 0 Å². The Morgan fingerprint density at radius 1 is 1.35 bits per heavy atom. The maximum absolute atomic E-state index is 5.61. The maximum atomic E-state index is 5.61. The summed E-state index contributed by atoms with van der Waals surface area (Å²) in [5, 5.41) is 3.43. The molecule has 2 saturated heterocycles. The molecule has 4 heteroatoms. The van der Waals surface area contributed by atoms with Gasteiger partial charge in [0, 0.05) is 31.8 Å². The van der Waals surface area contributed by atoms with E-state index in [-0.39, 0.29) is 0 Å². The van der Waals surface area contributed by atoms with E-state index in [1.807, 2.05) is 0 Å². The number of ether oxygens (including phenoxy) is 1. The number of hydrogen-bond acceptors (Lipinski definition) is 4. The molecule has 2 heterocycles. The van der Waals surface area contributed by atoms with E-state index in [4.69, 9.17) is 4.74 Å². The molecule has 0 radical (unpaired) electrons. The molecule has 0 amide bonds. The Labute approximate surface area is 105 Å². The van der Waals surface area contributed by atoms with Crippen molar-refractivity contribution in [3.05, 3.63) is 0 Å². The molecule has 0 aromatic rings. The van der Waals surface area contributed by atoms with Crippen LogP contribution in [0.25, 0.3) is 0 Å². The van der Waals surface area contributed by atoms with Gasteiger partial charge >= 0.3 is 0 Å². The largest absolute Gasteiger partial charge is 0.380 e. The van der Waals surface area contributed by atoms with Crippen LogP contribution in [0.2, 0.25) is 0 Å². The van der Waals surface area contributed by atoms with Gasteiger partial charge in [0.15, 0.2) is 0 Å². The number of rotatable bonds is 5. The second kappa shape index (κ2) is 6.69. The van der Waals surface area contributed by atoms with Gasteiger partial charge in [0.2, 0.25) is 0 Å². The number of likely N-dealkylation sites (N-methyl/N-ethyl adjacent to an activating group) is 2. The van der Waals surface area contributed by atoms with Crippen LogP contribution in [0.4, 0.5) is 0 Å². The number of hydrogen-bond donors (Lipinski definition) is 1. The van der Waals surface area contributed by atoms with Crippen molar-refractivity contribution < 1.29 is 4.74 Å². The lowest BCUT2D eigenvalue weighted by Gasteiger charge is -2.38. The Bertz CT molecular complexity index is 219. The number of nitrogens with zero attached hydrogens (tertiary/aromatic N) is 2. The zero-order valence-corrected chi connectivity index (χ0v) is 11.3. The summed E-state index contributed by atoms with van der Waals surface area (Å²) in [4.78, 5) is 5.05. The molecule has 0 aliphatic carbocycles. The number of nitrogens with one attached hydrogen (secondary N) is 1. The van der Waals surface area contributed by atoms with E-state index < -0.39 is 0 Å². The first-order valence-corrected chi connectivity index (χ1v) is 6.99. The summed E-state index contributed by atoms with van der Waals surface area (Å²) in [6.07, 6.45) is 3.90. The third-order valence-electron chi connectivity index (χ3n) is 4.23. The van der Waals surface area contributed by atoms with Crippen molar-refractivity contribution in [2.45, 2.75) is 31.3 Å². The van der Waals surface area contributed by atoms with Crippen LogP contribution >= 0.6 is 0 Å². The molecule has 1 N–H and O–H groups in total. The number of likely N-dealkylation sites (tertiary alicyclic amines) is 1. The van der Waals surface area contributed by atoms with Crippen LogP contribution in [0.1, 0.15) is 19.3 Å². The van der Waals surface area contributed by atoms with Gasteiger partial charge in [-0.3, -0.25) is 4.90 Å². The molecule has 0 spiro atoms. The normalized spacial score (nSPS) is 31.2. The van der Waals surface area contributed by atoms with Crippen molar-refractivity contribution in [3.63, 3.8) is 0 Å². The second-order valence-corrected chi connectivity index (χ2v) is 5.36. The molecule has 2 aliphatic rings. The van der Waals surface area contributed by atoms with Crippen LogP contribution in [0.5, 0.6) is 0 Å². The summed E-state index contributed by atoms with van der Waals surface area (Å²) in [5.41, 5.74) is 0. The zero-order valence-electron chi connectivity index (χ0n) is 11.3. The predicted octanol–water partition coefficient (Wildman–Crippen LogP) is 0.391. The van der Waals surface area contributed by atoms with Crippen molar-refractivity contribution >= 4 is 0 Å². The van der Waals surface area contributed by atoms with Gasteiger partial charge in [-0.05, 0) is 46.4 Å². The maximum Gasteiger partial charge on any atom is 0.0636 e. The minimum atomic E-state index is 0.538. The second-order valence-electron chi connectivity index (χ2n) is 5.36. The van der Waals surface area contributed by atoms with Gasteiger partial charge in [-0.2, -0.15) is 0 Å². The predicted molar refractivity (Wildman–Crippen MR) is 70.4 cm³/mol. The summed E-state index contributed by atoms with van der Waals surface area (Å²) < 4.78 is 5.61. The highest BCUT2D eigenvalue weighted by Crippen LogP contribution is 2.13. The van der Waals surface area contributed by atoms with Crippen LogP contribution in [0.15, 0.2) is 0 Å². The third-order valence-corrected chi connectivity index (χ3v) is 4.23. The van der Waals surface area contributed by atoms with Crippen molar-refractivity contribution in [3.8, 4) is 0 Å². The van der Waals surface area contributed by atoms with Gasteiger partial charge in [-0.25, -0.2) is 0 Å². The first kappa shape index (κ1) is 13.3. The molecule has 2 atom stereocenters. The molecule has 0 aromatic carbocycles. The molecular weight excluding hydrogens is 214 g/mol. The highest BCUT2D eigenvalue weighted by molar-refractivity contribution is 4.85. The molecule has 2 unspecified atom stereocenters. The monoisotopic (exact) mass is 241 g/mol. The molecule has 0 saturated carbocycles. The van der Waals surface area contributed by atoms with Crippen molar-refractivity contribution in [1.82, 2.24) is 15.1 Å². The topological polar surface area (TPSA) is 27.7 Å². The lowest BCUT2D eigenvalue weighted by Crippen LogP contribution is -2.54. The highest BCUT2D eigenvalue weighted by Gasteiger charge is 2.27. The smallest absolute Gasteiger partial charge is 0.0636 e. The minimum Gasteiger partial charge on any atom is -0.380 e. The Morgan fingerprint density at radius 2 is 2.12 bits per heavy atom. The highest BCUT2D eigenvalue weighted by atomic mass is 16.5. The van der Waals surface area contributed by atoms with Crippen LogP contribution in [-0.4, -0.2) is 75.4 Å². The average Bonchev–Trinajstić information content (AvgIpc) is 2.89. The Morgan fingerprint density at radius 3 is 2.82 bits per heavy atom. The van der Waals surface area contributed by atoms with E-state index in [1.54, 1.807) is 0 Å². The summed E-state index contributed by atoms with van der Waals surface area (Å²) in [5.74, 6) is 0. The van der Waals surface area contributed by atoms with Crippen molar-refractivity contribution in [2.24, 2.45) is 0 Å². The van der Waals surface area contributed by atoms with Crippen LogP contribution in [-0.2, 0) is 4.74 Å². The molecule has 4 nitrogen and oxygen atoms in total. The molecule has 2 fully saturated rings. The fourth-order valence-corrected chi connectivity index (χ4v) is 2.97. The molecule has 100 valence electrons. The van der Waals surface area contributed by atoms with Crippen LogP contribution < -0.4 is 5.32 Å². The molecule has 2 aliphatic heterocycles. The minimum absolute atomic E-state index is 0.538. The Kier molecular flexibility index (Phi) is 5.22. The fraction of sp³-hybridized carbons (Fsp3) is 1.00.